The van der Waals surface area contributed by atoms with Gasteiger partial charge in [0.15, 0.2) is 0 Å². The number of aliphatic hydroxyl groups is 1. The van der Waals surface area contributed by atoms with E-state index in [1.165, 1.54) is 0 Å². The molecule has 1 rings (SSSR count). The third kappa shape index (κ3) is 4.14. The summed E-state index contributed by atoms with van der Waals surface area (Å²) in [5.41, 5.74) is 2.35. The fraction of sp³-hybridized carbons (Fsp3) is 0.692. The van der Waals surface area contributed by atoms with Crippen molar-refractivity contribution < 1.29 is 9.90 Å². The monoisotopic (exact) mass is 253 g/mol. The van der Waals surface area contributed by atoms with E-state index in [0.29, 0.717) is 12.8 Å². The van der Waals surface area contributed by atoms with Crippen molar-refractivity contribution in [1.82, 2.24) is 15.1 Å². The lowest BCUT2D eigenvalue weighted by Crippen LogP contribution is -2.38. The summed E-state index contributed by atoms with van der Waals surface area (Å²) >= 11 is 0. The van der Waals surface area contributed by atoms with E-state index in [1.54, 1.807) is 13.8 Å². The molecule has 2 N–H and O–H groups in total. The highest BCUT2D eigenvalue weighted by Gasteiger charge is 2.15. The van der Waals surface area contributed by atoms with Crippen LogP contribution >= 0.6 is 0 Å². The first-order valence-corrected chi connectivity index (χ1v) is 6.19. The number of hydrogen-bond donors (Lipinski definition) is 2. The second kappa shape index (κ2) is 5.52. The molecular weight excluding hydrogens is 230 g/mol. The maximum Gasteiger partial charge on any atom is 0.220 e. The van der Waals surface area contributed by atoms with Crippen molar-refractivity contribution in [2.45, 2.75) is 46.1 Å². The van der Waals surface area contributed by atoms with Gasteiger partial charge in [0.2, 0.25) is 5.91 Å². The number of rotatable bonds is 5. The number of amides is 1. The highest BCUT2D eigenvalue weighted by molar-refractivity contribution is 5.76. The molecule has 0 saturated carbocycles. The van der Waals surface area contributed by atoms with Gasteiger partial charge in [-0.05, 0) is 39.7 Å². The normalized spacial score (nSPS) is 11.7. The SMILES string of the molecule is Cc1nn(C)c(C)c1CCC(=O)NCC(C)(C)O. The molecule has 0 unspecified atom stereocenters. The van der Waals surface area contributed by atoms with E-state index in [-0.39, 0.29) is 12.5 Å². The molecular formula is C13H23N3O2. The van der Waals surface area contributed by atoms with Crippen LogP contribution in [0.2, 0.25) is 0 Å². The molecule has 5 heteroatoms. The lowest BCUT2D eigenvalue weighted by Gasteiger charge is -2.17. The third-order valence-corrected chi connectivity index (χ3v) is 2.98. The van der Waals surface area contributed by atoms with Gasteiger partial charge in [0.1, 0.15) is 0 Å². The number of carbonyl (C=O) groups is 1. The van der Waals surface area contributed by atoms with E-state index < -0.39 is 5.60 Å². The van der Waals surface area contributed by atoms with Crippen molar-refractivity contribution in [2.75, 3.05) is 6.54 Å². The molecule has 0 radical (unpaired) electrons. The van der Waals surface area contributed by atoms with Crippen LogP contribution in [0.5, 0.6) is 0 Å². The molecule has 0 aliphatic carbocycles. The number of nitrogens with zero attached hydrogens (tertiary/aromatic N) is 2. The molecule has 0 aromatic carbocycles. The van der Waals surface area contributed by atoms with Crippen LogP contribution in [0, 0.1) is 13.8 Å². The van der Waals surface area contributed by atoms with E-state index in [9.17, 15) is 9.90 Å². The first-order chi connectivity index (χ1) is 8.20. The van der Waals surface area contributed by atoms with Gasteiger partial charge in [-0.15, -0.1) is 0 Å². The third-order valence-electron chi connectivity index (χ3n) is 2.98. The standard InChI is InChI=1S/C13H23N3O2/c1-9-11(10(2)16(5)15-9)6-7-12(17)14-8-13(3,4)18/h18H,6-8H2,1-5H3,(H,14,17). The minimum atomic E-state index is -0.865. The van der Waals surface area contributed by atoms with Gasteiger partial charge in [0, 0.05) is 25.7 Å². The molecule has 0 aliphatic heterocycles. The Morgan fingerprint density at radius 3 is 2.50 bits per heavy atom. The molecule has 0 fully saturated rings. The van der Waals surface area contributed by atoms with Crippen LogP contribution in [0.4, 0.5) is 0 Å². The van der Waals surface area contributed by atoms with Crippen molar-refractivity contribution in [2.24, 2.45) is 7.05 Å². The molecule has 5 nitrogen and oxygen atoms in total. The van der Waals surface area contributed by atoms with E-state index >= 15 is 0 Å². The summed E-state index contributed by atoms with van der Waals surface area (Å²) in [6.07, 6.45) is 1.10. The zero-order valence-electron chi connectivity index (χ0n) is 11.9. The second-order valence-corrected chi connectivity index (χ2v) is 5.36. The molecule has 0 saturated heterocycles. The fourth-order valence-corrected chi connectivity index (χ4v) is 1.82. The molecule has 1 heterocycles. The Labute approximate surface area is 108 Å². The summed E-state index contributed by atoms with van der Waals surface area (Å²) in [5.74, 6) is -0.0419. The van der Waals surface area contributed by atoms with Gasteiger partial charge in [-0.3, -0.25) is 9.48 Å². The average molecular weight is 253 g/mol. The van der Waals surface area contributed by atoms with Crippen LogP contribution < -0.4 is 5.32 Å². The summed E-state index contributed by atoms with van der Waals surface area (Å²) in [6, 6.07) is 0. The van der Waals surface area contributed by atoms with E-state index in [4.69, 9.17) is 0 Å². The first-order valence-electron chi connectivity index (χ1n) is 6.19. The van der Waals surface area contributed by atoms with E-state index in [1.807, 2.05) is 25.6 Å². The number of aryl methyl sites for hydroxylation is 2. The molecule has 102 valence electrons. The number of aromatic nitrogens is 2. The van der Waals surface area contributed by atoms with Crippen LogP contribution in [0.3, 0.4) is 0 Å². The molecule has 1 aromatic rings. The smallest absolute Gasteiger partial charge is 0.220 e. The molecule has 18 heavy (non-hydrogen) atoms. The van der Waals surface area contributed by atoms with E-state index in [2.05, 4.69) is 10.4 Å². The van der Waals surface area contributed by atoms with Crippen LogP contribution in [0.1, 0.15) is 37.2 Å². The fourth-order valence-electron chi connectivity index (χ4n) is 1.82. The molecule has 0 atom stereocenters. The Balaban J connectivity index is 2.48. The summed E-state index contributed by atoms with van der Waals surface area (Å²) in [6.45, 7) is 7.57. The lowest BCUT2D eigenvalue weighted by molar-refractivity contribution is -0.122. The number of nitrogens with one attached hydrogen (secondary N) is 1. The Hall–Kier alpha value is -1.36. The van der Waals surface area contributed by atoms with Gasteiger partial charge in [0.05, 0.1) is 11.3 Å². The van der Waals surface area contributed by atoms with Gasteiger partial charge in [-0.25, -0.2) is 0 Å². The maximum atomic E-state index is 11.6. The maximum absolute atomic E-state index is 11.6. The number of hydrogen-bond acceptors (Lipinski definition) is 3. The zero-order valence-corrected chi connectivity index (χ0v) is 11.9. The molecule has 1 amide bonds. The Morgan fingerprint density at radius 1 is 1.44 bits per heavy atom. The lowest BCUT2D eigenvalue weighted by atomic mass is 10.1. The highest BCUT2D eigenvalue weighted by Crippen LogP contribution is 2.13. The minimum absolute atomic E-state index is 0.0419. The average Bonchev–Trinajstić information content (AvgIpc) is 2.47. The molecule has 0 aliphatic rings. The first kappa shape index (κ1) is 14.7. The Kier molecular flexibility index (Phi) is 4.51. The largest absolute Gasteiger partial charge is 0.389 e. The summed E-state index contributed by atoms with van der Waals surface area (Å²) in [7, 11) is 1.90. The van der Waals surface area contributed by atoms with Crippen molar-refractivity contribution in [1.29, 1.82) is 0 Å². The van der Waals surface area contributed by atoms with Crippen LogP contribution in [0.25, 0.3) is 0 Å². The topological polar surface area (TPSA) is 67.2 Å². The van der Waals surface area contributed by atoms with Crippen molar-refractivity contribution in [3.8, 4) is 0 Å². The van der Waals surface area contributed by atoms with Crippen molar-refractivity contribution in [3.05, 3.63) is 17.0 Å². The predicted molar refractivity (Wildman–Crippen MR) is 70.3 cm³/mol. The van der Waals surface area contributed by atoms with Crippen LogP contribution in [-0.4, -0.2) is 32.9 Å². The molecule has 0 bridgehead atoms. The van der Waals surface area contributed by atoms with Crippen molar-refractivity contribution in [3.63, 3.8) is 0 Å². The molecule has 0 spiro atoms. The second-order valence-electron chi connectivity index (χ2n) is 5.36. The van der Waals surface area contributed by atoms with Crippen molar-refractivity contribution >= 4 is 5.91 Å². The highest BCUT2D eigenvalue weighted by atomic mass is 16.3. The summed E-state index contributed by atoms with van der Waals surface area (Å²) in [4.78, 5) is 11.6. The Morgan fingerprint density at radius 2 is 2.06 bits per heavy atom. The van der Waals surface area contributed by atoms with Gasteiger partial charge in [-0.1, -0.05) is 0 Å². The molecule has 1 aromatic heterocycles. The van der Waals surface area contributed by atoms with Gasteiger partial charge in [0.25, 0.3) is 0 Å². The summed E-state index contributed by atoms with van der Waals surface area (Å²) < 4.78 is 1.83. The van der Waals surface area contributed by atoms with Crippen LogP contribution in [-0.2, 0) is 18.3 Å². The van der Waals surface area contributed by atoms with E-state index in [0.717, 1.165) is 17.0 Å². The van der Waals surface area contributed by atoms with Gasteiger partial charge < -0.3 is 10.4 Å². The predicted octanol–water partition coefficient (Wildman–Crippen LogP) is 0.857. The van der Waals surface area contributed by atoms with Gasteiger partial charge >= 0.3 is 0 Å². The number of carbonyl (C=O) groups excluding carboxylic acids is 1. The van der Waals surface area contributed by atoms with Gasteiger partial charge in [-0.2, -0.15) is 5.10 Å². The Bertz CT molecular complexity index is 430. The zero-order chi connectivity index (χ0) is 13.9. The minimum Gasteiger partial charge on any atom is -0.389 e. The quantitative estimate of drug-likeness (QED) is 0.817. The summed E-state index contributed by atoms with van der Waals surface area (Å²) in [5, 5.41) is 16.6. The van der Waals surface area contributed by atoms with Crippen LogP contribution in [0.15, 0.2) is 0 Å².